The summed E-state index contributed by atoms with van der Waals surface area (Å²) in [6, 6.07) is 17.5. The molecule has 2 aromatic carbocycles. The molecular weight excluding hydrogens is 280 g/mol. The summed E-state index contributed by atoms with van der Waals surface area (Å²) in [5.41, 5.74) is 1.34. The van der Waals surface area contributed by atoms with Crippen molar-refractivity contribution in [1.29, 1.82) is 5.26 Å². The standard InChI is InChI=1S/C17H12N2OS/c1-21-16-9-3-7-14(13(16)11-18)20-15-8-2-5-12-6-4-10-19-17(12)15/h2-10H,1H3. The first-order valence-corrected chi connectivity index (χ1v) is 7.64. The van der Waals surface area contributed by atoms with E-state index < -0.39 is 0 Å². The van der Waals surface area contributed by atoms with Gasteiger partial charge < -0.3 is 4.74 Å². The van der Waals surface area contributed by atoms with Crippen molar-refractivity contribution < 1.29 is 4.74 Å². The summed E-state index contributed by atoms with van der Waals surface area (Å²) in [6.07, 6.45) is 3.68. The molecule has 0 saturated carbocycles. The number of pyridine rings is 1. The number of nitriles is 1. The van der Waals surface area contributed by atoms with Crippen LogP contribution in [0.5, 0.6) is 11.5 Å². The molecule has 0 aliphatic heterocycles. The summed E-state index contributed by atoms with van der Waals surface area (Å²) in [5.74, 6) is 1.21. The van der Waals surface area contributed by atoms with Gasteiger partial charge in [0.25, 0.3) is 0 Å². The Morgan fingerprint density at radius 2 is 1.81 bits per heavy atom. The fourth-order valence-electron chi connectivity index (χ4n) is 2.15. The summed E-state index contributed by atoms with van der Waals surface area (Å²) in [4.78, 5) is 5.27. The maximum Gasteiger partial charge on any atom is 0.153 e. The number of hydrogen-bond acceptors (Lipinski definition) is 4. The summed E-state index contributed by atoms with van der Waals surface area (Å²) >= 11 is 1.53. The fraction of sp³-hybridized carbons (Fsp3) is 0.0588. The smallest absolute Gasteiger partial charge is 0.153 e. The average molecular weight is 292 g/mol. The van der Waals surface area contributed by atoms with Crippen molar-refractivity contribution in [3.63, 3.8) is 0 Å². The van der Waals surface area contributed by atoms with Crippen LogP contribution in [-0.2, 0) is 0 Å². The summed E-state index contributed by atoms with van der Waals surface area (Å²) in [7, 11) is 0. The lowest BCUT2D eigenvalue weighted by atomic mass is 10.2. The molecule has 0 aliphatic rings. The predicted octanol–water partition coefficient (Wildman–Crippen LogP) is 4.62. The number of benzene rings is 2. The second-order valence-electron chi connectivity index (χ2n) is 4.38. The second kappa shape index (κ2) is 5.86. The van der Waals surface area contributed by atoms with E-state index in [1.54, 1.807) is 12.3 Å². The molecule has 4 heteroatoms. The Bertz CT molecular complexity index is 834. The van der Waals surface area contributed by atoms with E-state index in [0.29, 0.717) is 17.1 Å². The normalized spacial score (nSPS) is 10.3. The molecule has 0 spiro atoms. The van der Waals surface area contributed by atoms with Crippen molar-refractivity contribution in [2.45, 2.75) is 4.90 Å². The van der Waals surface area contributed by atoms with Crippen molar-refractivity contribution in [2.75, 3.05) is 6.26 Å². The van der Waals surface area contributed by atoms with Crippen LogP contribution in [0, 0.1) is 11.3 Å². The summed E-state index contributed by atoms with van der Waals surface area (Å²) in [6.45, 7) is 0. The van der Waals surface area contributed by atoms with Crippen LogP contribution in [-0.4, -0.2) is 11.2 Å². The van der Waals surface area contributed by atoms with E-state index >= 15 is 0 Å². The minimum absolute atomic E-state index is 0.554. The molecule has 0 unspecified atom stereocenters. The van der Waals surface area contributed by atoms with Gasteiger partial charge in [-0.3, -0.25) is 4.98 Å². The number of aromatic nitrogens is 1. The number of thioether (sulfide) groups is 1. The lowest BCUT2D eigenvalue weighted by molar-refractivity contribution is 0.484. The first kappa shape index (κ1) is 13.5. The molecule has 1 heterocycles. The number of hydrogen-bond donors (Lipinski definition) is 0. The molecule has 1 aromatic heterocycles. The predicted molar refractivity (Wildman–Crippen MR) is 84.8 cm³/mol. The van der Waals surface area contributed by atoms with Gasteiger partial charge in [-0.15, -0.1) is 11.8 Å². The highest BCUT2D eigenvalue weighted by Gasteiger charge is 2.11. The van der Waals surface area contributed by atoms with Gasteiger partial charge >= 0.3 is 0 Å². The SMILES string of the molecule is CSc1cccc(Oc2cccc3cccnc23)c1C#N. The van der Waals surface area contributed by atoms with Crippen molar-refractivity contribution in [1.82, 2.24) is 4.98 Å². The van der Waals surface area contributed by atoms with Crippen LogP contribution in [0.15, 0.2) is 59.6 Å². The first-order valence-electron chi connectivity index (χ1n) is 6.42. The maximum atomic E-state index is 9.36. The van der Waals surface area contributed by atoms with E-state index in [2.05, 4.69) is 11.1 Å². The third-order valence-corrected chi connectivity index (χ3v) is 3.92. The topological polar surface area (TPSA) is 45.9 Å². The van der Waals surface area contributed by atoms with Gasteiger partial charge in [0.05, 0.1) is 0 Å². The van der Waals surface area contributed by atoms with Crippen LogP contribution in [0.2, 0.25) is 0 Å². The number of nitrogens with zero attached hydrogens (tertiary/aromatic N) is 2. The van der Waals surface area contributed by atoms with Crippen LogP contribution in [0.3, 0.4) is 0 Å². The minimum Gasteiger partial charge on any atom is -0.454 e. The van der Waals surface area contributed by atoms with Gasteiger partial charge in [-0.1, -0.05) is 24.3 Å². The molecule has 0 aliphatic carbocycles. The Labute approximate surface area is 127 Å². The Kier molecular flexibility index (Phi) is 3.76. The van der Waals surface area contributed by atoms with Crippen molar-refractivity contribution >= 4 is 22.7 Å². The van der Waals surface area contributed by atoms with Crippen LogP contribution in [0.4, 0.5) is 0 Å². The van der Waals surface area contributed by atoms with Crippen LogP contribution < -0.4 is 4.74 Å². The van der Waals surface area contributed by atoms with Crippen LogP contribution in [0.25, 0.3) is 10.9 Å². The van der Waals surface area contributed by atoms with E-state index in [-0.39, 0.29) is 0 Å². The number of rotatable bonds is 3. The molecule has 102 valence electrons. The molecule has 3 nitrogen and oxygen atoms in total. The van der Waals surface area contributed by atoms with Gasteiger partial charge in [0.15, 0.2) is 5.75 Å². The van der Waals surface area contributed by atoms with E-state index in [9.17, 15) is 5.26 Å². The van der Waals surface area contributed by atoms with E-state index in [0.717, 1.165) is 15.8 Å². The lowest BCUT2D eigenvalue weighted by Crippen LogP contribution is -1.92. The van der Waals surface area contributed by atoms with Crippen molar-refractivity contribution in [2.24, 2.45) is 0 Å². The molecule has 0 atom stereocenters. The molecule has 0 bridgehead atoms. The summed E-state index contributed by atoms with van der Waals surface area (Å²) in [5, 5.41) is 10.4. The highest BCUT2D eigenvalue weighted by molar-refractivity contribution is 7.98. The quantitative estimate of drug-likeness (QED) is 0.661. The zero-order valence-electron chi connectivity index (χ0n) is 11.4. The molecule has 0 amide bonds. The third-order valence-electron chi connectivity index (χ3n) is 3.14. The van der Waals surface area contributed by atoms with Gasteiger partial charge in [0.1, 0.15) is 22.9 Å². The zero-order valence-corrected chi connectivity index (χ0v) is 12.2. The van der Waals surface area contributed by atoms with E-state index in [4.69, 9.17) is 4.74 Å². The molecule has 0 fully saturated rings. The molecule has 3 aromatic rings. The summed E-state index contributed by atoms with van der Waals surface area (Å²) < 4.78 is 5.96. The van der Waals surface area contributed by atoms with Gasteiger partial charge in [-0.2, -0.15) is 5.26 Å². The fourth-order valence-corrected chi connectivity index (χ4v) is 2.72. The largest absolute Gasteiger partial charge is 0.454 e. The number of ether oxygens (including phenoxy) is 1. The van der Waals surface area contributed by atoms with E-state index in [1.165, 1.54) is 11.8 Å². The van der Waals surface area contributed by atoms with Gasteiger partial charge in [0.2, 0.25) is 0 Å². The molecule has 0 saturated heterocycles. The second-order valence-corrected chi connectivity index (χ2v) is 5.23. The Hall–Kier alpha value is -2.51. The van der Waals surface area contributed by atoms with Gasteiger partial charge in [-0.25, -0.2) is 0 Å². The Morgan fingerprint density at radius 1 is 1.05 bits per heavy atom. The monoisotopic (exact) mass is 292 g/mol. The maximum absolute atomic E-state index is 9.36. The highest BCUT2D eigenvalue weighted by atomic mass is 32.2. The van der Waals surface area contributed by atoms with Crippen molar-refractivity contribution in [3.8, 4) is 17.6 Å². The minimum atomic E-state index is 0.554. The lowest BCUT2D eigenvalue weighted by Gasteiger charge is -2.11. The zero-order chi connectivity index (χ0) is 14.7. The molecule has 0 N–H and O–H groups in total. The van der Waals surface area contributed by atoms with Crippen LogP contribution >= 0.6 is 11.8 Å². The van der Waals surface area contributed by atoms with Crippen molar-refractivity contribution in [3.05, 3.63) is 60.3 Å². The average Bonchev–Trinajstić information content (AvgIpc) is 2.55. The van der Waals surface area contributed by atoms with Gasteiger partial charge in [-0.05, 0) is 30.5 Å². The molecule has 21 heavy (non-hydrogen) atoms. The van der Waals surface area contributed by atoms with Crippen LogP contribution in [0.1, 0.15) is 5.56 Å². The molecule has 0 radical (unpaired) electrons. The molecular formula is C17H12N2OS. The Morgan fingerprint density at radius 3 is 2.62 bits per heavy atom. The van der Waals surface area contributed by atoms with E-state index in [1.807, 2.05) is 48.7 Å². The molecule has 3 rings (SSSR count). The van der Waals surface area contributed by atoms with Gasteiger partial charge in [0, 0.05) is 16.5 Å². The third kappa shape index (κ3) is 2.56. The number of fused-ring (bicyclic) bond motifs is 1. The number of para-hydroxylation sites is 1. The first-order chi connectivity index (χ1) is 10.3. The Balaban J connectivity index is 2.10. The highest BCUT2D eigenvalue weighted by Crippen LogP contribution is 2.33.